The first kappa shape index (κ1) is 13.3. The molecule has 5 heteroatoms. The molecule has 2 aliphatic heterocycles. The highest BCUT2D eigenvalue weighted by Crippen LogP contribution is 2.14. The molecule has 2 amide bonds. The Morgan fingerprint density at radius 2 is 2.33 bits per heavy atom. The van der Waals surface area contributed by atoms with E-state index < -0.39 is 0 Å². The third-order valence-corrected chi connectivity index (χ3v) is 3.94. The number of nitrogens with zero attached hydrogens (tertiary/aromatic N) is 1. The van der Waals surface area contributed by atoms with Gasteiger partial charge in [0.05, 0.1) is 5.92 Å². The van der Waals surface area contributed by atoms with Gasteiger partial charge in [-0.25, -0.2) is 0 Å². The maximum Gasteiger partial charge on any atom is 0.225 e. The molecule has 0 aromatic carbocycles. The zero-order chi connectivity index (χ0) is 13.0. The Labute approximate surface area is 108 Å². The number of hydrogen-bond acceptors (Lipinski definition) is 3. The molecule has 5 nitrogen and oxygen atoms in total. The van der Waals surface area contributed by atoms with E-state index in [4.69, 9.17) is 0 Å². The van der Waals surface area contributed by atoms with Crippen molar-refractivity contribution in [3.63, 3.8) is 0 Å². The van der Waals surface area contributed by atoms with Gasteiger partial charge in [0.1, 0.15) is 0 Å². The number of piperidine rings is 2. The molecule has 102 valence electrons. The van der Waals surface area contributed by atoms with Crippen LogP contribution in [0, 0.1) is 5.92 Å². The van der Waals surface area contributed by atoms with Crippen LogP contribution in [0.1, 0.15) is 32.6 Å². The van der Waals surface area contributed by atoms with Crippen molar-refractivity contribution in [1.82, 2.24) is 15.5 Å². The first-order valence-electron chi connectivity index (χ1n) is 6.98. The number of carbonyl (C=O) groups excluding carboxylic acids is 2. The quantitative estimate of drug-likeness (QED) is 0.750. The summed E-state index contributed by atoms with van der Waals surface area (Å²) < 4.78 is 0. The highest BCUT2D eigenvalue weighted by molar-refractivity contribution is 5.83. The van der Waals surface area contributed by atoms with Gasteiger partial charge in [-0.05, 0) is 32.4 Å². The maximum atomic E-state index is 12.1. The van der Waals surface area contributed by atoms with Crippen LogP contribution in [0.5, 0.6) is 0 Å². The fourth-order valence-electron chi connectivity index (χ4n) is 2.74. The summed E-state index contributed by atoms with van der Waals surface area (Å²) in [6.07, 6.45) is 3.38. The minimum Gasteiger partial charge on any atom is -0.355 e. The molecule has 2 fully saturated rings. The zero-order valence-electron chi connectivity index (χ0n) is 11.1. The van der Waals surface area contributed by atoms with E-state index in [0.717, 1.165) is 32.5 Å². The van der Waals surface area contributed by atoms with Crippen molar-refractivity contribution in [2.75, 3.05) is 26.2 Å². The maximum absolute atomic E-state index is 12.1. The molecule has 0 saturated carbocycles. The topological polar surface area (TPSA) is 61.4 Å². The Kier molecular flexibility index (Phi) is 4.58. The molecule has 2 saturated heterocycles. The van der Waals surface area contributed by atoms with Gasteiger partial charge in [0.15, 0.2) is 0 Å². The van der Waals surface area contributed by atoms with Crippen molar-refractivity contribution in [2.24, 2.45) is 5.92 Å². The third kappa shape index (κ3) is 3.45. The van der Waals surface area contributed by atoms with Crippen molar-refractivity contribution in [1.29, 1.82) is 0 Å². The van der Waals surface area contributed by atoms with Crippen LogP contribution in [0.25, 0.3) is 0 Å². The second kappa shape index (κ2) is 6.18. The smallest absolute Gasteiger partial charge is 0.225 e. The standard InChI is InChI=1S/C13H23N3O2/c1-2-16-7-3-4-11(9-16)15-13(18)10-5-6-12(17)14-8-10/h10-11H,2-9H2,1H3,(H,14,17)(H,15,18). The second-order valence-corrected chi connectivity index (χ2v) is 5.28. The van der Waals surface area contributed by atoms with Crippen molar-refractivity contribution in [3.8, 4) is 0 Å². The van der Waals surface area contributed by atoms with E-state index in [1.807, 2.05) is 0 Å². The van der Waals surface area contributed by atoms with Crippen LogP contribution in [-0.4, -0.2) is 48.9 Å². The van der Waals surface area contributed by atoms with Gasteiger partial charge in [-0.15, -0.1) is 0 Å². The molecule has 2 atom stereocenters. The summed E-state index contributed by atoms with van der Waals surface area (Å²) in [7, 11) is 0. The van der Waals surface area contributed by atoms with Crippen LogP contribution >= 0.6 is 0 Å². The van der Waals surface area contributed by atoms with Crippen molar-refractivity contribution < 1.29 is 9.59 Å². The van der Waals surface area contributed by atoms with Crippen LogP contribution in [-0.2, 0) is 9.59 Å². The number of likely N-dealkylation sites (tertiary alicyclic amines) is 1. The lowest BCUT2D eigenvalue weighted by Crippen LogP contribution is -2.51. The van der Waals surface area contributed by atoms with Gasteiger partial charge >= 0.3 is 0 Å². The van der Waals surface area contributed by atoms with E-state index in [1.165, 1.54) is 0 Å². The van der Waals surface area contributed by atoms with E-state index in [9.17, 15) is 9.59 Å². The van der Waals surface area contributed by atoms with Crippen LogP contribution in [0.3, 0.4) is 0 Å². The molecule has 0 aromatic heterocycles. The number of rotatable bonds is 3. The molecule has 2 aliphatic rings. The summed E-state index contributed by atoms with van der Waals surface area (Å²) in [6.45, 7) is 5.80. The van der Waals surface area contributed by atoms with Gasteiger partial charge in [0.25, 0.3) is 0 Å². The minimum absolute atomic E-state index is 0.0419. The molecule has 2 rings (SSSR count). The van der Waals surface area contributed by atoms with Crippen LogP contribution < -0.4 is 10.6 Å². The van der Waals surface area contributed by atoms with Gasteiger partial charge in [-0.1, -0.05) is 6.92 Å². The number of hydrogen-bond donors (Lipinski definition) is 2. The van der Waals surface area contributed by atoms with Gasteiger partial charge in [-0.2, -0.15) is 0 Å². The molecule has 2 unspecified atom stereocenters. The summed E-state index contributed by atoms with van der Waals surface area (Å²) >= 11 is 0. The van der Waals surface area contributed by atoms with Crippen molar-refractivity contribution in [3.05, 3.63) is 0 Å². The Morgan fingerprint density at radius 1 is 1.50 bits per heavy atom. The first-order valence-corrected chi connectivity index (χ1v) is 6.98. The first-order chi connectivity index (χ1) is 8.69. The SMILES string of the molecule is CCN1CCCC(NC(=O)C2CCC(=O)NC2)C1. The second-order valence-electron chi connectivity index (χ2n) is 5.28. The molecule has 2 N–H and O–H groups in total. The number of nitrogens with one attached hydrogen (secondary N) is 2. The normalized spacial score (nSPS) is 29.7. The lowest BCUT2D eigenvalue weighted by molar-refractivity contribution is -0.129. The third-order valence-electron chi connectivity index (χ3n) is 3.94. The largest absolute Gasteiger partial charge is 0.355 e. The Balaban J connectivity index is 1.78. The van der Waals surface area contributed by atoms with Crippen molar-refractivity contribution >= 4 is 11.8 Å². The summed E-state index contributed by atoms with van der Waals surface area (Å²) in [5.74, 6) is 0.131. The fourth-order valence-corrected chi connectivity index (χ4v) is 2.74. The van der Waals surface area contributed by atoms with Gasteiger partial charge in [-0.3, -0.25) is 9.59 Å². The lowest BCUT2D eigenvalue weighted by atomic mass is 9.97. The van der Waals surface area contributed by atoms with E-state index in [1.54, 1.807) is 0 Å². The minimum atomic E-state index is -0.0419. The van der Waals surface area contributed by atoms with E-state index in [-0.39, 0.29) is 23.8 Å². The summed E-state index contributed by atoms with van der Waals surface area (Å²) in [5.41, 5.74) is 0. The molecule has 0 spiro atoms. The van der Waals surface area contributed by atoms with Gasteiger partial charge in [0, 0.05) is 25.6 Å². The summed E-state index contributed by atoms with van der Waals surface area (Å²) in [5, 5.41) is 5.90. The van der Waals surface area contributed by atoms with E-state index in [2.05, 4.69) is 22.5 Å². The molecule has 0 radical (unpaired) electrons. The Bertz CT molecular complexity index is 309. The Hall–Kier alpha value is -1.10. The number of likely N-dealkylation sites (N-methyl/N-ethyl adjacent to an activating group) is 1. The fraction of sp³-hybridized carbons (Fsp3) is 0.846. The molecule has 0 bridgehead atoms. The number of amides is 2. The number of carbonyl (C=O) groups is 2. The van der Waals surface area contributed by atoms with Gasteiger partial charge in [0.2, 0.25) is 11.8 Å². The van der Waals surface area contributed by atoms with Crippen molar-refractivity contribution in [2.45, 2.75) is 38.6 Å². The summed E-state index contributed by atoms with van der Waals surface area (Å²) in [4.78, 5) is 25.5. The van der Waals surface area contributed by atoms with Crippen LogP contribution in [0.15, 0.2) is 0 Å². The average molecular weight is 253 g/mol. The monoisotopic (exact) mass is 253 g/mol. The van der Waals surface area contributed by atoms with E-state index >= 15 is 0 Å². The molecule has 2 heterocycles. The van der Waals surface area contributed by atoms with Crippen LogP contribution in [0.2, 0.25) is 0 Å². The Morgan fingerprint density at radius 3 is 3.00 bits per heavy atom. The molecular weight excluding hydrogens is 230 g/mol. The highest BCUT2D eigenvalue weighted by Gasteiger charge is 2.27. The van der Waals surface area contributed by atoms with Gasteiger partial charge < -0.3 is 15.5 Å². The highest BCUT2D eigenvalue weighted by atomic mass is 16.2. The molecular formula is C13H23N3O2. The molecule has 18 heavy (non-hydrogen) atoms. The molecule has 0 aromatic rings. The molecule has 0 aliphatic carbocycles. The lowest BCUT2D eigenvalue weighted by Gasteiger charge is -2.33. The van der Waals surface area contributed by atoms with E-state index in [0.29, 0.717) is 19.4 Å². The zero-order valence-corrected chi connectivity index (χ0v) is 11.1. The van der Waals surface area contributed by atoms with Crippen LogP contribution in [0.4, 0.5) is 0 Å². The predicted octanol–water partition coefficient (Wildman–Crippen LogP) is 0.113. The summed E-state index contributed by atoms with van der Waals surface area (Å²) in [6, 6.07) is 0.281. The average Bonchev–Trinajstić information content (AvgIpc) is 2.39. The predicted molar refractivity (Wildman–Crippen MR) is 69.0 cm³/mol.